The van der Waals surface area contributed by atoms with Gasteiger partial charge in [-0.05, 0) is 31.6 Å². The highest BCUT2D eigenvalue weighted by Gasteiger charge is 2.20. The Hall–Kier alpha value is -0.770. The van der Waals surface area contributed by atoms with E-state index in [4.69, 9.17) is 4.74 Å². The Balaban J connectivity index is 2.42. The molecule has 0 unspecified atom stereocenters. The minimum atomic E-state index is 0.684. The third kappa shape index (κ3) is 6.28. The van der Waals surface area contributed by atoms with Gasteiger partial charge in [0.05, 0.1) is 13.2 Å². The van der Waals surface area contributed by atoms with Gasteiger partial charge < -0.3 is 15.0 Å². The van der Waals surface area contributed by atoms with Gasteiger partial charge in [0.2, 0.25) is 0 Å². The zero-order chi connectivity index (χ0) is 14.1. The third-order valence-corrected chi connectivity index (χ3v) is 3.92. The number of hydrogen-bond donors (Lipinski definition) is 1. The second-order valence-electron chi connectivity index (χ2n) is 5.73. The number of nitrogens with one attached hydrogen (secondary N) is 1. The van der Waals surface area contributed by atoms with Gasteiger partial charge in [-0.2, -0.15) is 0 Å². The Labute approximate surface area is 118 Å². The summed E-state index contributed by atoms with van der Waals surface area (Å²) in [6.07, 6.45) is 5.50. The van der Waals surface area contributed by atoms with Gasteiger partial charge in [0.25, 0.3) is 0 Å². The zero-order valence-corrected chi connectivity index (χ0v) is 13.1. The molecule has 0 aromatic rings. The second kappa shape index (κ2) is 9.18. The topological polar surface area (TPSA) is 36.9 Å². The van der Waals surface area contributed by atoms with Gasteiger partial charge in [-0.15, -0.1) is 0 Å². The van der Waals surface area contributed by atoms with Crippen LogP contribution in [0.25, 0.3) is 0 Å². The number of guanidine groups is 1. The first-order valence-electron chi connectivity index (χ1n) is 7.65. The van der Waals surface area contributed by atoms with Gasteiger partial charge in [-0.1, -0.05) is 19.8 Å². The molecule has 0 aromatic heterocycles. The van der Waals surface area contributed by atoms with E-state index in [1.165, 1.54) is 25.7 Å². The fourth-order valence-corrected chi connectivity index (χ4v) is 2.70. The van der Waals surface area contributed by atoms with E-state index in [1.807, 2.05) is 0 Å². The molecule has 1 aliphatic rings. The van der Waals surface area contributed by atoms with E-state index >= 15 is 0 Å². The molecule has 1 fully saturated rings. The maximum Gasteiger partial charge on any atom is 0.193 e. The lowest BCUT2D eigenvalue weighted by atomic mass is 9.83. The molecule has 0 radical (unpaired) electrons. The van der Waals surface area contributed by atoms with Gasteiger partial charge >= 0.3 is 0 Å². The fraction of sp³-hybridized carbons (Fsp3) is 0.933. The molecule has 0 amide bonds. The van der Waals surface area contributed by atoms with Gasteiger partial charge in [0, 0.05) is 27.2 Å². The molecule has 0 bridgehead atoms. The molecule has 0 saturated heterocycles. The molecule has 0 aliphatic heterocycles. The predicted molar refractivity (Wildman–Crippen MR) is 81.6 cm³/mol. The summed E-state index contributed by atoms with van der Waals surface area (Å²) in [6.45, 7) is 7.93. The summed E-state index contributed by atoms with van der Waals surface area (Å²) in [5, 5.41) is 3.36. The minimum absolute atomic E-state index is 0.684. The number of nitrogens with zero attached hydrogens (tertiary/aromatic N) is 2. The highest BCUT2D eigenvalue weighted by Crippen LogP contribution is 2.28. The Bertz CT molecular complexity index is 260. The van der Waals surface area contributed by atoms with Crippen LogP contribution in [0.3, 0.4) is 0 Å². The van der Waals surface area contributed by atoms with Gasteiger partial charge in [-0.25, -0.2) is 0 Å². The van der Waals surface area contributed by atoms with Crippen molar-refractivity contribution in [3.05, 3.63) is 0 Å². The van der Waals surface area contributed by atoms with E-state index in [0.717, 1.165) is 37.4 Å². The van der Waals surface area contributed by atoms with Crippen molar-refractivity contribution >= 4 is 5.96 Å². The van der Waals surface area contributed by atoms with Crippen LogP contribution in [-0.2, 0) is 4.74 Å². The average molecular weight is 269 g/mol. The zero-order valence-electron chi connectivity index (χ0n) is 13.1. The molecule has 0 aromatic carbocycles. The van der Waals surface area contributed by atoms with E-state index in [-0.39, 0.29) is 0 Å². The Morgan fingerprint density at radius 2 is 2.00 bits per heavy atom. The summed E-state index contributed by atoms with van der Waals surface area (Å²) < 4.78 is 5.06. The lowest BCUT2D eigenvalue weighted by Crippen LogP contribution is -2.42. The van der Waals surface area contributed by atoms with Crippen molar-refractivity contribution in [3.63, 3.8) is 0 Å². The van der Waals surface area contributed by atoms with E-state index in [1.54, 1.807) is 7.11 Å². The molecule has 0 spiro atoms. The Morgan fingerprint density at radius 3 is 2.58 bits per heavy atom. The third-order valence-electron chi connectivity index (χ3n) is 3.92. The minimum Gasteiger partial charge on any atom is -0.383 e. The summed E-state index contributed by atoms with van der Waals surface area (Å²) in [5.74, 6) is 2.76. The van der Waals surface area contributed by atoms with Crippen molar-refractivity contribution in [1.29, 1.82) is 0 Å². The van der Waals surface area contributed by atoms with Gasteiger partial charge in [0.1, 0.15) is 0 Å². The molecule has 1 aliphatic carbocycles. The van der Waals surface area contributed by atoms with Crippen molar-refractivity contribution in [2.75, 3.05) is 40.4 Å². The first-order chi connectivity index (χ1) is 9.17. The van der Waals surface area contributed by atoms with Crippen LogP contribution >= 0.6 is 0 Å². The molecule has 1 saturated carbocycles. The van der Waals surface area contributed by atoms with E-state index in [0.29, 0.717) is 6.61 Å². The van der Waals surface area contributed by atoms with Gasteiger partial charge in [0.15, 0.2) is 5.96 Å². The van der Waals surface area contributed by atoms with Crippen molar-refractivity contribution in [3.8, 4) is 0 Å². The van der Waals surface area contributed by atoms with Crippen LogP contribution in [0.5, 0.6) is 0 Å². The number of hydrogen-bond acceptors (Lipinski definition) is 2. The molecule has 0 atom stereocenters. The van der Waals surface area contributed by atoms with Crippen LogP contribution in [0, 0.1) is 11.8 Å². The van der Waals surface area contributed by atoms with Crippen molar-refractivity contribution in [2.24, 2.45) is 16.8 Å². The summed E-state index contributed by atoms with van der Waals surface area (Å²) in [4.78, 5) is 6.87. The van der Waals surface area contributed by atoms with Crippen LogP contribution < -0.4 is 5.32 Å². The van der Waals surface area contributed by atoms with Crippen LogP contribution in [0.4, 0.5) is 0 Å². The van der Waals surface area contributed by atoms with E-state index in [2.05, 4.69) is 36.1 Å². The largest absolute Gasteiger partial charge is 0.383 e. The monoisotopic (exact) mass is 269 g/mol. The number of aliphatic imine (C=N–C) groups is 1. The number of rotatable bonds is 6. The molecule has 1 rings (SSSR count). The van der Waals surface area contributed by atoms with Gasteiger partial charge in [-0.3, -0.25) is 4.99 Å². The second-order valence-corrected chi connectivity index (χ2v) is 5.73. The van der Waals surface area contributed by atoms with Crippen LogP contribution in [0.15, 0.2) is 4.99 Å². The standard InChI is InChI=1S/C15H31N3O/c1-5-16-15(17-10-11-19-4)18(3)12-14-8-6-13(2)7-9-14/h13-14H,5-12H2,1-4H3,(H,16,17). The summed E-state index contributed by atoms with van der Waals surface area (Å²) in [5.41, 5.74) is 0. The molecule has 4 heteroatoms. The SMILES string of the molecule is CCNC(=NCCOC)N(C)CC1CCC(C)CC1. The molecule has 4 nitrogen and oxygen atoms in total. The lowest BCUT2D eigenvalue weighted by molar-refractivity contribution is 0.207. The summed E-state index contributed by atoms with van der Waals surface area (Å²) in [6, 6.07) is 0. The van der Waals surface area contributed by atoms with Crippen molar-refractivity contribution in [2.45, 2.75) is 39.5 Å². The molecule has 112 valence electrons. The van der Waals surface area contributed by atoms with Crippen LogP contribution in [-0.4, -0.2) is 51.3 Å². The highest BCUT2D eigenvalue weighted by molar-refractivity contribution is 5.79. The van der Waals surface area contributed by atoms with Crippen molar-refractivity contribution < 1.29 is 4.74 Å². The highest BCUT2D eigenvalue weighted by atomic mass is 16.5. The molecular weight excluding hydrogens is 238 g/mol. The van der Waals surface area contributed by atoms with Crippen LogP contribution in [0.2, 0.25) is 0 Å². The maximum atomic E-state index is 5.06. The fourth-order valence-electron chi connectivity index (χ4n) is 2.70. The molecule has 1 N–H and O–H groups in total. The number of ether oxygens (including phenoxy) is 1. The predicted octanol–water partition coefficient (Wildman–Crippen LogP) is 2.36. The maximum absolute atomic E-state index is 5.06. The Kier molecular flexibility index (Phi) is 7.87. The molecule has 0 heterocycles. The summed E-state index contributed by atoms with van der Waals surface area (Å²) >= 11 is 0. The lowest BCUT2D eigenvalue weighted by Gasteiger charge is -2.31. The quantitative estimate of drug-likeness (QED) is 0.457. The smallest absolute Gasteiger partial charge is 0.193 e. The summed E-state index contributed by atoms with van der Waals surface area (Å²) in [7, 11) is 3.86. The van der Waals surface area contributed by atoms with E-state index in [9.17, 15) is 0 Å². The van der Waals surface area contributed by atoms with E-state index < -0.39 is 0 Å². The molecular formula is C15H31N3O. The number of methoxy groups -OCH3 is 1. The first kappa shape index (κ1) is 16.3. The van der Waals surface area contributed by atoms with Crippen LogP contribution in [0.1, 0.15) is 39.5 Å². The normalized spacial score (nSPS) is 24.3. The van der Waals surface area contributed by atoms with Crippen molar-refractivity contribution in [1.82, 2.24) is 10.2 Å². The first-order valence-corrected chi connectivity index (χ1v) is 7.65. The Morgan fingerprint density at radius 1 is 1.32 bits per heavy atom. The average Bonchev–Trinajstić information content (AvgIpc) is 2.40. The molecule has 19 heavy (non-hydrogen) atoms.